The quantitative estimate of drug-likeness (QED) is 0.739. The monoisotopic (exact) mass is 255 g/mol. The van der Waals surface area contributed by atoms with Gasteiger partial charge in [0.05, 0.1) is 11.3 Å². The van der Waals surface area contributed by atoms with Gasteiger partial charge in [-0.25, -0.2) is 14.3 Å². The second kappa shape index (κ2) is 4.13. The first kappa shape index (κ1) is 11.3. The van der Waals surface area contributed by atoms with Crippen molar-refractivity contribution < 1.29 is 9.90 Å². The van der Waals surface area contributed by atoms with E-state index in [0.29, 0.717) is 17.3 Å². The number of hydrogen-bond donors (Lipinski definition) is 1. The van der Waals surface area contributed by atoms with Crippen LogP contribution >= 0.6 is 0 Å². The smallest absolute Gasteiger partial charge is 0.339 e. The second-order valence-corrected chi connectivity index (χ2v) is 3.95. The molecule has 3 aromatic heterocycles. The molecule has 94 valence electrons. The Kier molecular flexibility index (Phi) is 2.45. The second-order valence-electron chi connectivity index (χ2n) is 3.95. The first-order valence-electron chi connectivity index (χ1n) is 5.53. The van der Waals surface area contributed by atoms with Crippen molar-refractivity contribution in [2.45, 2.75) is 6.92 Å². The minimum atomic E-state index is -1.03. The highest BCUT2D eigenvalue weighted by molar-refractivity contribution is 5.88. The van der Waals surface area contributed by atoms with Crippen LogP contribution in [-0.2, 0) is 0 Å². The molecule has 3 heterocycles. The van der Waals surface area contributed by atoms with Gasteiger partial charge >= 0.3 is 5.97 Å². The maximum Gasteiger partial charge on any atom is 0.339 e. The average Bonchev–Trinajstić information content (AvgIpc) is 2.85. The molecular weight excluding hydrogens is 246 g/mol. The number of nitrogens with zero attached hydrogens (tertiary/aromatic N) is 5. The molecule has 0 radical (unpaired) electrons. The van der Waals surface area contributed by atoms with E-state index in [-0.39, 0.29) is 5.56 Å². The van der Waals surface area contributed by atoms with Gasteiger partial charge in [-0.2, -0.15) is 4.98 Å². The SMILES string of the molecule is Cc1c(C(=O)O)cnc2nc(-c3ccncc3)nn12. The van der Waals surface area contributed by atoms with E-state index in [1.807, 2.05) is 0 Å². The van der Waals surface area contributed by atoms with Crippen molar-refractivity contribution in [3.8, 4) is 11.4 Å². The molecule has 0 aliphatic heterocycles. The summed E-state index contributed by atoms with van der Waals surface area (Å²) in [4.78, 5) is 23.2. The van der Waals surface area contributed by atoms with Crippen molar-refractivity contribution in [2.75, 3.05) is 0 Å². The molecule has 7 nitrogen and oxygen atoms in total. The van der Waals surface area contributed by atoms with Gasteiger partial charge in [0.15, 0.2) is 5.82 Å². The van der Waals surface area contributed by atoms with Gasteiger partial charge in [0.2, 0.25) is 0 Å². The number of rotatable bonds is 2. The predicted molar refractivity (Wildman–Crippen MR) is 65.7 cm³/mol. The number of aryl methyl sites for hydroxylation is 1. The fourth-order valence-corrected chi connectivity index (χ4v) is 1.78. The molecule has 0 aliphatic carbocycles. The van der Waals surface area contributed by atoms with E-state index in [1.165, 1.54) is 10.7 Å². The van der Waals surface area contributed by atoms with Gasteiger partial charge in [-0.3, -0.25) is 4.98 Å². The Bertz CT molecular complexity index is 766. The van der Waals surface area contributed by atoms with E-state index in [2.05, 4.69) is 20.1 Å². The topological polar surface area (TPSA) is 93.3 Å². The molecule has 0 aromatic carbocycles. The molecule has 1 N–H and O–H groups in total. The highest BCUT2D eigenvalue weighted by atomic mass is 16.4. The number of carboxylic acid groups (broad SMARTS) is 1. The van der Waals surface area contributed by atoms with Crippen LogP contribution in [0.1, 0.15) is 16.1 Å². The zero-order valence-corrected chi connectivity index (χ0v) is 9.98. The summed E-state index contributed by atoms with van der Waals surface area (Å²) in [5.74, 6) is -0.178. The largest absolute Gasteiger partial charge is 0.478 e. The molecule has 0 saturated carbocycles. The molecule has 3 rings (SSSR count). The Labute approximate surface area is 107 Å². The Morgan fingerprint density at radius 1 is 1.32 bits per heavy atom. The molecule has 0 bridgehead atoms. The summed E-state index contributed by atoms with van der Waals surface area (Å²) in [6.07, 6.45) is 4.58. The molecule has 0 atom stereocenters. The molecule has 0 spiro atoms. The molecular formula is C12H9N5O2. The van der Waals surface area contributed by atoms with Crippen LogP contribution in [-0.4, -0.2) is 35.6 Å². The fraction of sp³-hybridized carbons (Fsp3) is 0.0833. The third-order valence-electron chi connectivity index (χ3n) is 2.78. The van der Waals surface area contributed by atoms with E-state index < -0.39 is 5.97 Å². The molecule has 7 heteroatoms. The standard InChI is InChI=1S/C12H9N5O2/c1-7-9(11(18)19)6-14-12-15-10(16-17(7)12)8-2-4-13-5-3-8/h2-6H,1H3,(H,18,19). The third kappa shape index (κ3) is 1.81. The minimum Gasteiger partial charge on any atom is -0.478 e. The van der Waals surface area contributed by atoms with Crippen molar-refractivity contribution in [3.63, 3.8) is 0 Å². The van der Waals surface area contributed by atoms with Crippen LogP contribution in [0.15, 0.2) is 30.7 Å². The van der Waals surface area contributed by atoms with Gasteiger partial charge < -0.3 is 5.11 Å². The van der Waals surface area contributed by atoms with E-state index in [1.54, 1.807) is 31.5 Å². The minimum absolute atomic E-state index is 0.110. The number of aromatic carboxylic acids is 1. The van der Waals surface area contributed by atoms with Gasteiger partial charge in [-0.1, -0.05) is 0 Å². The molecule has 0 unspecified atom stereocenters. The maximum atomic E-state index is 11.0. The summed E-state index contributed by atoms with van der Waals surface area (Å²) in [6, 6.07) is 3.56. The highest BCUT2D eigenvalue weighted by Gasteiger charge is 2.14. The molecule has 0 saturated heterocycles. The average molecular weight is 255 g/mol. The lowest BCUT2D eigenvalue weighted by Crippen LogP contribution is -2.07. The molecule has 3 aromatic rings. The normalized spacial score (nSPS) is 10.8. The fourth-order valence-electron chi connectivity index (χ4n) is 1.78. The molecule has 19 heavy (non-hydrogen) atoms. The van der Waals surface area contributed by atoms with Crippen molar-refractivity contribution in [2.24, 2.45) is 0 Å². The lowest BCUT2D eigenvalue weighted by Gasteiger charge is -2.00. The highest BCUT2D eigenvalue weighted by Crippen LogP contribution is 2.16. The first-order chi connectivity index (χ1) is 9.16. The maximum absolute atomic E-state index is 11.0. The van der Waals surface area contributed by atoms with Crippen molar-refractivity contribution in [1.29, 1.82) is 0 Å². The van der Waals surface area contributed by atoms with Crippen molar-refractivity contribution in [3.05, 3.63) is 42.0 Å². The van der Waals surface area contributed by atoms with E-state index in [9.17, 15) is 4.79 Å². The molecule has 0 aliphatic rings. The lowest BCUT2D eigenvalue weighted by molar-refractivity contribution is 0.0695. The number of aromatic nitrogens is 5. The Morgan fingerprint density at radius 2 is 2.05 bits per heavy atom. The number of fused-ring (bicyclic) bond motifs is 1. The van der Waals surface area contributed by atoms with Crippen molar-refractivity contribution in [1.82, 2.24) is 24.6 Å². The zero-order valence-electron chi connectivity index (χ0n) is 9.98. The van der Waals surface area contributed by atoms with E-state index in [0.717, 1.165) is 5.56 Å². The third-order valence-corrected chi connectivity index (χ3v) is 2.78. The lowest BCUT2D eigenvalue weighted by atomic mass is 10.2. The van der Waals surface area contributed by atoms with Crippen LogP contribution in [0.25, 0.3) is 17.2 Å². The molecule has 0 amide bonds. The van der Waals surface area contributed by atoms with Crippen LogP contribution in [0.3, 0.4) is 0 Å². The summed E-state index contributed by atoms with van der Waals surface area (Å²) in [7, 11) is 0. The van der Waals surface area contributed by atoms with Crippen LogP contribution in [0, 0.1) is 6.92 Å². The first-order valence-corrected chi connectivity index (χ1v) is 5.53. The zero-order chi connectivity index (χ0) is 13.4. The summed E-state index contributed by atoms with van der Waals surface area (Å²) in [5, 5.41) is 13.3. The Hall–Kier alpha value is -2.83. The van der Waals surface area contributed by atoms with Crippen molar-refractivity contribution >= 4 is 11.7 Å². The van der Waals surface area contributed by atoms with Gasteiger partial charge in [0.25, 0.3) is 5.78 Å². The summed E-state index contributed by atoms with van der Waals surface area (Å²) in [5.41, 5.74) is 1.40. The number of pyridine rings is 1. The predicted octanol–water partition coefficient (Wildman–Crippen LogP) is 1.19. The van der Waals surface area contributed by atoms with Gasteiger partial charge in [0.1, 0.15) is 0 Å². The van der Waals surface area contributed by atoms with Crippen LogP contribution < -0.4 is 0 Å². The number of carboxylic acids is 1. The Morgan fingerprint density at radius 3 is 2.74 bits per heavy atom. The Balaban J connectivity index is 2.22. The molecule has 0 fully saturated rings. The van der Waals surface area contributed by atoms with Crippen LogP contribution in [0.2, 0.25) is 0 Å². The van der Waals surface area contributed by atoms with Gasteiger partial charge in [-0.05, 0) is 19.1 Å². The van der Waals surface area contributed by atoms with E-state index >= 15 is 0 Å². The van der Waals surface area contributed by atoms with E-state index in [4.69, 9.17) is 5.11 Å². The summed E-state index contributed by atoms with van der Waals surface area (Å²) >= 11 is 0. The summed E-state index contributed by atoms with van der Waals surface area (Å²) < 4.78 is 1.43. The van der Waals surface area contributed by atoms with Crippen LogP contribution in [0.5, 0.6) is 0 Å². The van der Waals surface area contributed by atoms with Crippen LogP contribution in [0.4, 0.5) is 0 Å². The van der Waals surface area contributed by atoms with Gasteiger partial charge in [0, 0.05) is 24.2 Å². The summed E-state index contributed by atoms with van der Waals surface area (Å²) in [6.45, 7) is 1.67. The number of hydrogen-bond acceptors (Lipinski definition) is 5. The van der Waals surface area contributed by atoms with Gasteiger partial charge in [-0.15, -0.1) is 5.10 Å². The number of carbonyl (C=O) groups is 1.